The average Bonchev–Trinajstić information content (AvgIpc) is 2.72. The number of thiazole rings is 1. The monoisotopic (exact) mass is 302 g/mol. The number of nitriles is 1. The molecule has 2 nitrogen and oxygen atoms in total. The van der Waals surface area contributed by atoms with Crippen LogP contribution in [0.4, 0.5) is 0 Å². The lowest BCUT2D eigenvalue weighted by atomic mass is 10.1. The summed E-state index contributed by atoms with van der Waals surface area (Å²) < 4.78 is 0.857. The van der Waals surface area contributed by atoms with Crippen LogP contribution < -0.4 is 0 Å². The van der Waals surface area contributed by atoms with Gasteiger partial charge in [0.25, 0.3) is 0 Å². The number of nitrogens with zero attached hydrogens (tertiary/aromatic N) is 2. The van der Waals surface area contributed by atoms with E-state index in [-0.39, 0.29) is 0 Å². The van der Waals surface area contributed by atoms with Crippen molar-refractivity contribution in [2.75, 3.05) is 0 Å². The van der Waals surface area contributed by atoms with Gasteiger partial charge in [-0.1, -0.05) is 21.9 Å². The normalized spacial score (nSPS) is 9.24. The van der Waals surface area contributed by atoms with E-state index < -0.39 is 0 Å². The summed E-state index contributed by atoms with van der Waals surface area (Å²) >= 11 is 4.93. The zero-order valence-electron chi connectivity index (χ0n) is 8.99. The first-order chi connectivity index (χ1) is 8.17. The van der Waals surface area contributed by atoms with Crippen molar-refractivity contribution in [1.29, 1.82) is 5.26 Å². The Hall–Kier alpha value is -1.62. The molecule has 1 aromatic heterocycles. The second-order valence-electron chi connectivity index (χ2n) is 3.34. The topological polar surface area (TPSA) is 36.7 Å². The largest absolute Gasteiger partial charge is 0.233 e. The van der Waals surface area contributed by atoms with Crippen LogP contribution in [0.25, 0.3) is 0 Å². The van der Waals surface area contributed by atoms with Gasteiger partial charge in [-0.15, -0.1) is 11.3 Å². The molecule has 0 atom stereocenters. The molecule has 0 bridgehead atoms. The van der Waals surface area contributed by atoms with Crippen molar-refractivity contribution in [3.05, 3.63) is 49.9 Å². The minimum atomic E-state index is 0.595. The Kier molecular flexibility index (Phi) is 3.58. The van der Waals surface area contributed by atoms with Crippen LogP contribution in [0.5, 0.6) is 0 Å². The quantitative estimate of drug-likeness (QED) is 0.699. The lowest BCUT2D eigenvalue weighted by Crippen LogP contribution is -1.80. The molecule has 0 unspecified atom stereocenters. The van der Waals surface area contributed by atoms with Crippen molar-refractivity contribution in [2.24, 2.45) is 0 Å². The fourth-order valence-corrected chi connectivity index (χ4v) is 2.32. The highest BCUT2D eigenvalue weighted by molar-refractivity contribution is 9.10. The summed E-state index contributed by atoms with van der Waals surface area (Å²) in [4.78, 5) is 4.26. The van der Waals surface area contributed by atoms with Gasteiger partial charge in [-0.2, -0.15) is 5.26 Å². The second-order valence-corrected chi connectivity index (χ2v) is 5.32. The smallest absolute Gasteiger partial charge is 0.124 e. The molecule has 82 valence electrons. The molecule has 1 aromatic carbocycles. The molecule has 0 radical (unpaired) electrons. The van der Waals surface area contributed by atoms with Gasteiger partial charge in [0.15, 0.2) is 0 Å². The van der Waals surface area contributed by atoms with Gasteiger partial charge in [0.05, 0.1) is 16.6 Å². The van der Waals surface area contributed by atoms with Crippen LogP contribution in [0.1, 0.15) is 21.8 Å². The number of hydrogen-bond donors (Lipinski definition) is 0. The molecule has 0 aliphatic carbocycles. The highest BCUT2D eigenvalue weighted by atomic mass is 79.9. The van der Waals surface area contributed by atoms with E-state index >= 15 is 0 Å². The van der Waals surface area contributed by atoms with Crippen LogP contribution in [-0.2, 0) is 0 Å². The number of hydrogen-bond acceptors (Lipinski definition) is 3. The number of halogens is 1. The average molecular weight is 303 g/mol. The molecule has 4 heteroatoms. The molecule has 0 fully saturated rings. The van der Waals surface area contributed by atoms with E-state index in [9.17, 15) is 0 Å². The van der Waals surface area contributed by atoms with E-state index in [0.717, 1.165) is 20.7 Å². The predicted molar refractivity (Wildman–Crippen MR) is 71.7 cm³/mol. The first-order valence-corrected chi connectivity index (χ1v) is 6.49. The summed E-state index contributed by atoms with van der Waals surface area (Å²) in [6.07, 6.45) is 0. The Morgan fingerprint density at radius 2 is 2.00 bits per heavy atom. The van der Waals surface area contributed by atoms with Gasteiger partial charge in [-0.3, -0.25) is 0 Å². The molecule has 2 rings (SSSR count). The SMILES string of the molecule is Cc1nc(C#Cc2cc(Br)cc(C#N)c2)cs1. The minimum absolute atomic E-state index is 0.595. The molecule has 0 saturated carbocycles. The summed E-state index contributed by atoms with van der Waals surface area (Å²) in [6, 6.07) is 7.50. The Bertz CT molecular complexity index is 656. The van der Waals surface area contributed by atoms with Crippen molar-refractivity contribution in [2.45, 2.75) is 6.92 Å². The lowest BCUT2D eigenvalue weighted by molar-refractivity contribution is 1.27. The molecule has 0 aliphatic rings. The molecule has 0 spiro atoms. The van der Waals surface area contributed by atoms with E-state index in [4.69, 9.17) is 5.26 Å². The summed E-state index contributed by atoms with van der Waals surface area (Å²) in [5, 5.41) is 11.8. The van der Waals surface area contributed by atoms with Gasteiger partial charge < -0.3 is 0 Å². The van der Waals surface area contributed by atoms with Crippen LogP contribution in [0.15, 0.2) is 28.1 Å². The third kappa shape index (κ3) is 3.17. The molecule has 2 aromatic rings. The van der Waals surface area contributed by atoms with E-state index in [1.807, 2.05) is 18.4 Å². The van der Waals surface area contributed by atoms with E-state index in [1.165, 1.54) is 0 Å². The standard InChI is InChI=1S/C13H7BrN2S/c1-9-16-13(8-17-9)3-2-10-4-11(7-15)6-12(14)5-10/h4-6,8H,1H3. The maximum atomic E-state index is 8.85. The van der Waals surface area contributed by atoms with Crippen LogP contribution in [0.3, 0.4) is 0 Å². The van der Waals surface area contributed by atoms with E-state index in [0.29, 0.717) is 5.56 Å². The number of rotatable bonds is 0. The molecule has 0 amide bonds. The van der Waals surface area contributed by atoms with Crippen molar-refractivity contribution in [3.63, 3.8) is 0 Å². The molecule has 0 saturated heterocycles. The van der Waals surface area contributed by atoms with Crippen molar-refractivity contribution >= 4 is 27.3 Å². The van der Waals surface area contributed by atoms with Crippen molar-refractivity contribution in [3.8, 4) is 17.9 Å². The fourth-order valence-electron chi connectivity index (χ4n) is 1.28. The van der Waals surface area contributed by atoms with Gasteiger partial charge in [0.1, 0.15) is 5.69 Å². The Labute approximate surface area is 112 Å². The summed E-state index contributed by atoms with van der Waals surface area (Å²) in [6.45, 7) is 1.95. The molecule has 0 N–H and O–H groups in total. The Balaban J connectivity index is 2.34. The van der Waals surface area contributed by atoms with E-state index in [1.54, 1.807) is 23.5 Å². The van der Waals surface area contributed by atoms with Crippen LogP contribution in [0, 0.1) is 30.1 Å². The summed E-state index contributed by atoms with van der Waals surface area (Å²) in [5.74, 6) is 5.98. The number of benzene rings is 1. The summed E-state index contributed by atoms with van der Waals surface area (Å²) in [7, 11) is 0. The van der Waals surface area contributed by atoms with Gasteiger partial charge in [0, 0.05) is 15.4 Å². The van der Waals surface area contributed by atoms with Crippen molar-refractivity contribution in [1.82, 2.24) is 4.98 Å². The molecular formula is C13H7BrN2S. The van der Waals surface area contributed by atoms with Crippen LogP contribution in [0.2, 0.25) is 0 Å². The van der Waals surface area contributed by atoms with Crippen LogP contribution in [-0.4, -0.2) is 4.98 Å². The predicted octanol–water partition coefficient (Wildman–Crippen LogP) is 3.49. The molecule has 1 heterocycles. The Morgan fingerprint density at radius 3 is 2.65 bits per heavy atom. The zero-order valence-corrected chi connectivity index (χ0v) is 11.4. The van der Waals surface area contributed by atoms with Gasteiger partial charge in [0.2, 0.25) is 0 Å². The highest BCUT2D eigenvalue weighted by Crippen LogP contribution is 2.15. The molecule has 17 heavy (non-hydrogen) atoms. The van der Waals surface area contributed by atoms with Gasteiger partial charge in [-0.05, 0) is 31.0 Å². The third-order valence-electron chi connectivity index (χ3n) is 1.98. The van der Waals surface area contributed by atoms with Crippen LogP contribution >= 0.6 is 27.3 Å². The third-order valence-corrected chi connectivity index (χ3v) is 3.21. The van der Waals surface area contributed by atoms with Crippen molar-refractivity contribution < 1.29 is 0 Å². The molecule has 0 aliphatic heterocycles. The zero-order chi connectivity index (χ0) is 12.3. The maximum Gasteiger partial charge on any atom is 0.124 e. The first kappa shape index (κ1) is 11.9. The first-order valence-electron chi connectivity index (χ1n) is 4.82. The Morgan fingerprint density at radius 1 is 1.24 bits per heavy atom. The number of aryl methyl sites for hydroxylation is 1. The fraction of sp³-hybridized carbons (Fsp3) is 0.0769. The maximum absolute atomic E-state index is 8.85. The van der Waals surface area contributed by atoms with E-state index in [2.05, 4.69) is 38.8 Å². The summed E-state index contributed by atoms with van der Waals surface area (Å²) in [5.41, 5.74) is 2.17. The highest BCUT2D eigenvalue weighted by Gasteiger charge is 1.97. The van der Waals surface area contributed by atoms with Gasteiger partial charge >= 0.3 is 0 Å². The number of aromatic nitrogens is 1. The minimum Gasteiger partial charge on any atom is -0.233 e. The lowest BCUT2D eigenvalue weighted by Gasteiger charge is -1.94. The van der Waals surface area contributed by atoms with Gasteiger partial charge in [-0.25, -0.2) is 4.98 Å². The second kappa shape index (κ2) is 5.14. The molecular weight excluding hydrogens is 296 g/mol.